The predicted octanol–water partition coefficient (Wildman–Crippen LogP) is 2.86. The number of aldehydes is 1. The molecule has 0 N–H and O–H groups in total. The molecule has 0 bridgehead atoms. The molecule has 0 saturated carbocycles. The SMILES string of the molecule is O=Cc1ccc(OC(=O)c2ccccc2F)cc1. The molecule has 0 aliphatic rings. The van der Waals surface area contributed by atoms with Crippen LogP contribution in [0.2, 0.25) is 0 Å². The van der Waals surface area contributed by atoms with Gasteiger partial charge in [0.15, 0.2) is 0 Å². The fraction of sp³-hybridized carbons (Fsp3) is 0. The molecule has 3 nitrogen and oxygen atoms in total. The lowest BCUT2D eigenvalue weighted by Crippen LogP contribution is -2.10. The Morgan fingerprint density at radius 2 is 1.72 bits per heavy atom. The van der Waals surface area contributed by atoms with Gasteiger partial charge < -0.3 is 4.74 Å². The van der Waals surface area contributed by atoms with E-state index < -0.39 is 11.8 Å². The van der Waals surface area contributed by atoms with Crippen molar-refractivity contribution in [2.45, 2.75) is 0 Å². The highest BCUT2D eigenvalue weighted by molar-refractivity contribution is 5.91. The topological polar surface area (TPSA) is 43.4 Å². The third-order valence-electron chi connectivity index (χ3n) is 2.32. The molecular weight excluding hydrogens is 235 g/mol. The first-order valence-electron chi connectivity index (χ1n) is 5.22. The average Bonchev–Trinajstić information content (AvgIpc) is 2.40. The summed E-state index contributed by atoms with van der Waals surface area (Å²) < 4.78 is 18.3. The maximum atomic E-state index is 13.3. The van der Waals surface area contributed by atoms with E-state index in [0.29, 0.717) is 11.8 Å². The maximum absolute atomic E-state index is 13.3. The second-order valence-corrected chi connectivity index (χ2v) is 3.56. The van der Waals surface area contributed by atoms with Crippen LogP contribution in [0.15, 0.2) is 48.5 Å². The first-order valence-corrected chi connectivity index (χ1v) is 5.22. The minimum absolute atomic E-state index is 0.128. The van der Waals surface area contributed by atoms with Crippen molar-refractivity contribution in [3.8, 4) is 5.75 Å². The minimum atomic E-state index is -0.771. The molecule has 0 amide bonds. The fourth-order valence-electron chi connectivity index (χ4n) is 1.40. The van der Waals surface area contributed by atoms with Gasteiger partial charge in [0.05, 0.1) is 5.56 Å². The van der Waals surface area contributed by atoms with Crippen LogP contribution in [0.25, 0.3) is 0 Å². The van der Waals surface area contributed by atoms with Gasteiger partial charge in [0.1, 0.15) is 17.9 Å². The molecule has 0 heterocycles. The summed E-state index contributed by atoms with van der Waals surface area (Å²) in [5.41, 5.74) is 0.345. The van der Waals surface area contributed by atoms with Gasteiger partial charge in [0, 0.05) is 5.56 Å². The fourth-order valence-corrected chi connectivity index (χ4v) is 1.40. The zero-order valence-corrected chi connectivity index (χ0v) is 9.30. The molecule has 0 fully saturated rings. The van der Waals surface area contributed by atoms with Crippen LogP contribution < -0.4 is 4.74 Å². The number of ether oxygens (including phenoxy) is 1. The molecule has 4 heteroatoms. The molecule has 0 aliphatic heterocycles. The van der Waals surface area contributed by atoms with E-state index >= 15 is 0 Å². The molecule has 0 radical (unpaired) electrons. The van der Waals surface area contributed by atoms with Gasteiger partial charge in [-0.15, -0.1) is 0 Å². The summed E-state index contributed by atoms with van der Waals surface area (Å²) in [5, 5.41) is 0. The standard InChI is InChI=1S/C14H9FO3/c15-13-4-2-1-3-12(13)14(17)18-11-7-5-10(9-16)6-8-11/h1-9H. The lowest BCUT2D eigenvalue weighted by Gasteiger charge is -2.04. The van der Waals surface area contributed by atoms with Crippen LogP contribution >= 0.6 is 0 Å². The van der Waals surface area contributed by atoms with Gasteiger partial charge in [-0.1, -0.05) is 12.1 Å². The summed E-state index contributed by atoms with van der Waals surface area (Å²) in [4.78, 5) is 22.1. The molecule has 2 aromatic carbocycles. The van der Waals surface area contributed by atoms with Crippen LogP contribution in [0.4, 0.5) is 4.39 Å². The molecular formula is C14H9FO3. The highest BCUT2D eigenvalue weighted by Gasteiger charge is 2.12. The first kappa shape index (κ1) is 12.0. The Kier molecular flexibility index (Phi) is 3.48. The largest absolute Gasteiger partial charge is 0.423 e. The number of benzene rings is 2. The van der Waals surface area contributed by atoms with E-state index in [1.165, 1.54) is 42.5 Å². The van der Waals surface area contributed by atoms with Crippen molar-refractivity contribution in [2.75, 3.05) is 0 Å². The third kappa shape index (κ3) is 2.60. The monoisotopic (exact) mass is 244 g/mol. The van der Waals surface area contributed by atoms with Gasteiger partial charge in [-0.25, -0.2) is 9.18 Å². The van der Waals surface area contributed by atoms with Gasteiger partial charge >= 0.3 is 5.97 Å². The van der Waals surface area contributed by atoms with Crippen LogP contribution in [0.5, 0.6) is 5.75 Å². The summed E-state index contributed by atoms with van der Waals surface area (Å²) >= 11 is 0. The van der Waals surface area contributed by atoms with Crippen molar-refractivity contribution in [2.24, 2.45) is 0 Å². The highest BCUT2D eigenvalue weighted by Crippen LogP contribution is 2.15. The molecule has 0 aromatic heterocycles. The van der Waals surface area contributed by atoms with E-state index in [-0.39, 0.29) is 11.3 Å². The van der Waals surface area contributed by atoms with Crippen molar-refractivity contribution in [3.63, 3.8) is 0 Å². The quantitative estimate of drug-likeness (QED) is 0.473. The number of hydrogen-bond donors (Lipinski definition) is 0. The maximum Gasteiger partial charge on any atom is 0.346 e. The van der Waals surface area contributed by atoms with Gasteiger partial charge in [-0.2, -0.15) is 0 Å². The number of esters is 1. The zero-order chi connectivity index (χ0) is 13.0. The summed E-state index contributed by atoms with van der Waals surface area (Å²) in [6, 6.07) is 11.5. The Balaban J connectivity index is 2.16. The molecule has 0 unspecified atom stereocenters. The molecule has 0 aliphatic carbocycles. The van der Waals surface area contributed by atoms with Gasteiger partial charge in [0.25, 0.3) is 0 Å². The second-order valence-electron chi connectivity index (χ2n) is 3.56. The van der Waals surface area contributed by atoms with Crippen LogP contribution in [-0.4, -0.2) is 12.3 Å². The summed E-state index contributed by atoms with van der Waals surface area (Å²) in [6.07, 6.45) is 0.683. The Hall–Kier alpha value is -2.49. The van der Waals surface area contributed by atoms with Crippen molar-refractivity contribution in [3.05, 3.63) is 65.5 Å². The number of carbonyl (C=O) groups excluding carboxylic acids is 2. The van der Waals surface area contributed by atoms with Crippen molar-refractivity contribution in [1.82, 2.24) is 0 Å². The average molecular weight is 244 g/mol. The molecule has 90 valence electrons. The van der Waals surface area contributed by atoms with Crippen LogP contribution in [0.1, 0.15) is 20.7 Å². The van der Waals surface area contributed by atoms with E-state index in [1.807, 2.05) is 0 Å². The third-order valence-corrected chi connectivity index (χ3v) is 2.32. The first-order chi connectivity index (χ1) is 8.70. The van der Waals surface area contributed by atoms with Crippen molar-refractivity contribution < 1.29 is 18.7 Å². The Labute approximate surface area is 103 Å². The normalized spacial score (nSPS) is 9.83. The second kappa shape index (κ2) is 5.23. The Morgan fingerprint density at radius 3 is 2.33 bits per heavy atom. The van der Waals surface area contributed by atoms with Gasteiger partial charge in [-0.3, -0.25) is 4.79 Å². The lowest BCUT2D eigenvalue weighted by atomic mass is 10.2. The van der Waals surface area contributed by atoms with E-state index in [1.54, 1.807) is 6.07 Å². The molecule has 2 aromatic rings. The molecule has 0 atom stereocenters. The number of carbonyl (C=O) groups is 2. The van der Waals surface area contributed by atoms with Crippen molar-refractivity contribution >= 4 is 12.3 Å². The molecule has 0 spiro atoms. The van der Waals surface area contributed by atoms with Crippen molar-refractivity contribution in [1.29, 1.82) is 0 Å². The summed E-state index contributed by atoms with van der Waals surface area (Å²) in [7, 11) is 0. The van der Waals surface area contributed by atoms with E-state index in [2.05, 4.69) is 0 Å². The lowest BCUT2D eigenvalue weighted by molar-refractivity contribution is 0.0730. The Bertz CT molecular complexity index is 576. The number of rotatable bonds is 3. The molecule has 18 heavy (non-hydrogen) atoms. The smallest absolute Gasteiger partial charge is 0.346 e. The number of hydrogen-bond acceptors (Lipinski definition) is 3. The summed E-state index contributed by atoms with van der Waals surface area (Å²) in [5.74, 6) is -1.15. The van der Waals surface area contributed by atoms with Crippen LogP contribution in [-0.2, 0) is 0 Å². The predicted molar refractivity (Wildman–Crippen MR) is 63.2 cm³/mol. The highest BCUT2D eigenvalue weighted by atomic mass is 19.1. The van der Waals surface area contributed by atoms with Crippen LogP contribution in [0.3, 0.4) is 0 Å². The minimum Gasteiger partial charge on any atom is -0.423 e. The van der Waals surface area contributed by atoms with E-state index in [0.717, 1.165) is 0 Å². The Morgan fingerprint density at radius 1 is 1.06 bits per heavy atom. The zero-order valence-electron chi connectivity index (χ0n) is 9.30. The van der Waals surface area contributed by atoms with E-state index in [9.17, 15) is 14.0 Å². The van der Waals surface area contributed by atoms with Gasteiger partial charge in [-0.05, 0) is 36.4 Å². The van der Waals surface area contributed by atoms with Crippen LogP contribution in [0, 0.1) is 5.82 Å². The number of halogens is 1. The molecule has 2 rings (SSSR count). The van der Waals surface area contributed by atoms with E-state index in [4.69, 9.17) is 4.74 Å². The molecule has 0 saturated heterocycles. The van der Waals surface area contributed by atoms with Gasteiger partial charge in [0.2, 0.25) is 0 Å². The summed E-state index contributed by atoms with van der Waals surface area (Å²) in [6.45, 7) is 0.